The second-order valence-electron chi connectivity index (χ2n) is 6.05. The van der Waals surface area contributed by atoms with Crippen LogP contribution in [0.15, 0.2) is 28.7 Å². The first-order valence-electron chi connectivity index (χ1n) is 7.62. The van der Waals surface area contributed by atoms with E-state index in [9.17, 15) is 5.11 Å². The SMILES string of the molecule is CCOC1(C(O)Cc2ccc(Br)cc2)CCCC(C)C1. The Balaban J connectivity index is 2.10. The summed E-state index contributed by atoms with van der Waals surface area (Å²) in [5.41, 5.74) is 0.817. The minimum atomic E-state index is -0.425. The zero-order chi connectivity index (χ0) is 14.6. The Kier molecular flexibility index (Phi) is 5.65. The largest absolute Gasteiger partial charge is 0.390 e. The molecule has 20 heavy (non-hydrogen) atoms. The molecule has 1 fully saturated rings. The van der Waals surface area contributed by atoms with Crippen molar-refractivity contribution >= 4 is 15.9 Å². The van der Waals surface area contributed by atoms with Gasteiger partial charge in [-0.1, -0.05) is 47.8 Å². The Morgan fingerprint density at radius 3 is 2.70 bits per heavy atom. The zero-order valence-electron chi connectivity index (χ0n) is 12.4. The van der Waals surface area contributed by atoms with Crippen molar-refractivity contribution in [1.82, 2.24) is 0 Å². The van der Waals surface area contributed by atoms with E-state index in [1.54, 1.807) is 0 Å². The van der Waals surface area contributed by atoms with E-state index in [2.05, 4.69) is 35.0 Å². The van der Waals surface area contributed by atoms with Gasteiger partial charge in [0.1, 0.15) is 0 Å². The van der Waals surface area contributed by atoms with E-state index in [4.69, 9.17) is 4.74 Å². The molecule has 3 atom stereocenters. The van der Waals surface area contributed by atoms with Crippen molar-refractivity contribution in [3.8, 4) is 0 Å². The summed E-state index contributed by atoms with van der Waals surface area (Å²) in [5.74, 6) is 0.634. The lowest BCUT2D eigenvalue weighted by Gasteiger charge is -2.43. The van der Waals surface area contributed by atoms with Crippen LogP contribution in [0.3, 0.4) is 0 Å². The number of rotatable bonds is 5. The Morgan fingerprint density at radius 2 is 2.10 bits per heavy atom. The summed E-state index contributed by atoms with van der Waals surface area (Å²) in [6.45, 7) is 4.96. The monoisotopic (exact) mass is 340 g/mol. The number of hydrogen-bond acceptors (Lipinski definition) is 2. The minimum Gasteiger partial charge on any atom is -0.390 e. The molecule has 1 saturated carbocycles. The summed E-state index contributed by atoms with van der Waals surface area (Å²) < 4.78 is 7.11. The van der Waals surface area contributed by atoms with Crippen LogP contribution in [-0.4, -0.2) is 23.4 Å². The zero-order valence-corrected chi connectivity index (χ0v) is 14.0. The molecule has 1 aliphatic rings. The molecule has 1 aromatic carbocycles. The molecule has 0 heterocycles. The van der Waals surface area contributed by atoms with E-state index in [-0.39, 0.29) is 5.60 Å². The van der Waals surface area contributed by atoms with Gasteiger partial charge in [0.25, 0.3) is 0 Å². The van der Waals surface area contributed by atoms with Crippen molar-refractivity contribution in [3.05, 3.63) is 34.3 Å². The maximum atomic E-state index is 10.8. The van der Waals surface area contributed by atoms with Gasteiger partial charge in [0.15, 0.2) is 0 Å². The molecule has 3 heteroatoms. The molecular weight excluding hydrogens is 316 g/mol. The summed E-state index contributed by atoms with van der Waals surface area (Å²) in [5, 5.41) is 10.8. The van der Waals surface area contributed by atoms with Crippen molar-refractivity contribution in [2.75, 3.05) is 6.61 Å². The van der Waals surface area contributed by atoms with Gasteiger partial charge < -0.3 is 9.84 Å². The second-order valence-corrected chi connectivity index (χ2v) is 6.96. The molecule has 3 unspecified atom stereocenters. The van der Waals surface area contributed by atoms with E-state index in [0.29, 0.717) is 18.9 Å². The Bertz CT molecular complexity index is 414. The molecule has 2 nitrogen and oxygen atoms in total. The van der Waals surface area contributed by atoms with Crippen LogP contribution in [0.5, 0.6) is 0 Å². The lowest BCUT2D eigenvalue weighted by Crippen LogP contribution is -2.49. The first-order valence-corrected chi connectivity index (χ1v) is 8.41. The molecule has 1 aliphatic carbocycles. The number of benzene rings is 1. The van der Waals surface area contributed by atoms with Crippen molar-refractivity contribution in [2.45, 2.75) is 57.7 Å². The molecule has 0 aromatic heterocycles. The van der Waals surface area contributed by atoms with Crippen LogP contribution in [-0.2, 0) is 11.2 Å². The van der Waals surface area contributed by atoms with Crippen LogP contribution in [0.1, 0.15) is 45.1 Å². The lowest BCUT2D eigenvalue weighted by molar-refractivity contribution is -0.147. The van der Waals surface area contributed by atoms with Gasteiger partial charge in [0.2, 0.25) is 0 Å². The minimum absolute atomic E-state index is 0.348. The highest BCUT2D eigenvalue weighted by molar-refractivity contribution is 9.10. The summed E-state index contributed by atoms with van der Waals surface area (Å²) in [6, 6.07) is 8.19. The van der Waals surface area contributed by atoms with E-state index in [0.717, 1.165) is 29.3 Å². The Labute approximate surface area is 130 Å². The first kappa shape index (κ1) is 16.0. The van der Waals surface area contributed by atoms with Gasteiger partial charge in [-0.2, -0.15) is 0 Å². The topological polar surface area (TPSA) is 29.5 Å². The predicted octanol–water partition coefficient (Wildman–Crippen LogP) is 4.34. The lowest BCUT2D eigenvalue weighted by atomic mass is 9.74. The Morgan fingerprint density at radius 1 is 1.40 bits per heavy atom. The fraction of sp³-hybridized carbons (Fsp3) is 0.647. The second kappa shape index (κ2) is 7.06. The highest BCUT2D eigenvalue weighted by Crippen LogP contribution is 2.38. The van der Waals surface area contributed by atoms with Crippen LogP contribution >= 0.6 is 15.9 Å². The van der Waals surface area contributed by atoms with E-state index in [1.807, 2.05) is 19.1 Å². The van der Waals surface area contributed by atoms with Crippen molar-refractivity contribution in [1.29, 1.82) is 0 Å². The average molecular weight is 341 g/mol. The van der Waals surface area contributed by atoms with Gasteiger partial charge in [0, 0.05) is 17.5 Å². The van der Waals surface area contributed by atoms with Gasteiger partial charge in [-0.15, -0.1) is 0 Å². The third-order valence-corrected chi connectivity index (χ3v) is 4.90. The number of aliphatic hydroxyl groups excluding tert-OH is 1. The number of hydrogen-bond donors (Lipinski definition) is 1. The summed E-state index contributed by atoms with van der Waals surface area (Å²) in [6.07, 6.45) is 4.59. The molecule has 112 valence electrons. The third kappa shape index (κ3) is 3.84. The summed E-state index contributed by atoms with van der Waals surface area (Å²) >= 11 is 3.44. The van der Waals surface area contributed by atoms with E-state index >= 15 is 0 Å². The van der Waals surface area contributed by atoms with Crippen molar-refractivity contribution in [2.24, 2.45) is 5.92 Å². The van der Waals surface area contributed by atoms with Crippen LogP contribution in [0.25, 0.3) is 0 Å². The highest BCUT2D eigenvalue weighted by Gasteiger charge is 2.41. The molecule has 1 aromatic rings. The quantitative estimate of drug-likeness (QED) is 0.863. The van der Waals surface area contributed by atoms with Gasteiger partial charge in [-0.05, 0) is 43.4 Å². The maximum Gasteiger partial charge on any atom is 0.0945 e. The molecule has 0 aliphatic heterocycles. The van der Waals surface area contributed by atoms with Crippen molar-refractivity contribution < 1.29 is 9.84 Å². The van der Waals surface area contributed by atoms with E-state index < -0.39 is 6.10 Å². The summed E-state index contributed by atoms with van der Waals surface area (Å²) in [7, 11) is 0. The van der Waals surface area contributed by atoms with Gasteiger partial charge in [-0.3, -0.25) is 0 Å². The maximum absolute atomic E-state index is 10.8. The average Bonchev–Trinajstić information content (AvgIpc) is 2.41. The highest BCUT2D eigenvalue weighted by atomic mass is 79.9. The summed E-state index contributed by atoms with van der Waals surface area (Å²) in [4.78, 5) is 0. The van der Waals surface area contributed by atoms with Crippen LogP contribution in [0, 0.1) is 5.92 Å². The van der Waals surface area contributed by atoms with Crippen LogP contribution < -0.4 is 0 Å². The molecule has 0 spiro atoms. The standard InChI is InChI=1S/C17H25BrO2/c1-3-20-17(10-4-5-13(2)12-17)16(19)11-14-6-8-15(18)9-7-14/h6-9,13,16,19H,3-5,10-12H2,1-2H3. The number of halogens is 1. The van der Waals surface area contributed by atoms with Gasteiger partial charge >= 0.3 is 0 Å². The molecular formula is C17H25BrO2. The smallest absolute Gasteiger partial charge is 0.0945 e. The van der Waals surface area contributed by atoms with Crippen molar-refractivity contribution in [3.63, 3.8) is 0 Å². The number of aliphatic hydroxyl groups is 1. The fourth-order valence-corrected chi connectivity index (χ4v) is 3.66. The van der Waals surface area contributed by atoms with Crippen LogP contribution in [0.2, 0.25) is 0 Å². The molecule has 1 N–H and O–H groups in total. The van der Waals surface area contributed by atoms with Crippen LogP contribution in [0.4, 0.5) is 0 Å². The molecule has 0 radical (unpaired) electrons. The molecule has 0 amide bonds. The van der Waals surface area contributed by atoms with Gasteiger partial charge in [0.05, 0.1) is 11.7 Å². The first-order chi connectivity index (χ1) is 9.55. The fourth-order valence-electron chi connectivity index (χ4n) is 3.39. The van der Waals surface area contributed by atoms with E-state index in [1.165, 1.54) is 6.42 Å². The third-order valence-electron chi connectivity index (χ3n) is 4.37. The normalized spacial score (nSPS) is 28.3. The number of ether oxygens (including phenoxy) is 1. The molecule has 2 rings (SSSR count). The molecule has 0 saturated heterocycles. The predicted molar refractivity (Wildman–Crippen MR) is 85.8 cm³/mol. The Hall–Kier alpha value is -0.380. The molecule has 0 bridgehead atoms. The van der Waals surface area contributed by atoms with Gasteiger partial charge in [-0.25, -0.2) is 0 Å².